The minimum absolute atomic E-state index is 0. The average Bonchev–Trinajstić information content (AvgIpc) is 2.94. The zero-order chi connectivity index (χ0) is 18.4. The second kappa shape index (κ2) is 10.1. The number of aromatic amines is 1. The van der Waals surface area contributed by atoms with Gasteiger partial charge >= 0.3 is 0 Å². The lowest BCUT2D eigenvalue weighted by Gasteiger charge is -2.30. The van der Waals surface area contributed by atoms with Crippen molar-refractivity contribution in [2.24, 2.45) is 10.4 Å². The topological polar surface area (TPSA) is 61.4 Å². The van der Waals surface area contributed by atoms with Gasteiger partial charge in [0.05, 0.1) is 6.10 Å². The highest BCUT2D eigenvalue weighted by molar-refractivity contribution is 14.0. The highest BCUT2D eigenvalue weighted by Crippen LogP contribution is 2.21. The van der Waals surface area contributed by atoms with Gasteiger partial charge in [-0.3, -0.25) is 4.99 Å². The summed E-state index contributed by atoms with van der Waals surface area (Å²) in [5, 5.41) is 7.67. The van der Waals surface area contributed by atoms with Crippen LogP contribution in [-0.4, -0.2) is 44.3 Å². The third-order valence-corrected chi connectivity index (χ3v) is 4.35. The number of methoxy groups -OCH3 is 1. The summed E-state index contributed by atoms with van der Waals surface area (Å²) in [6, 6.07) is 4.82. The first-order valence-corrected chi connectivity index (χ1v) is 8.58. The molecule has 1 atom stereocenters. The Balaban J connectivity index is 0.00000338. The van der Waals surface area contributed by atoms with Crippen LogP contribution in [0.15, 0.2) is 29.4 Å². The number of nitrogens with zero attached hydrogens (tertiary/aromatic N) is 1. The summed E-state index contributed by atoms with van der Waals surface area (Å²) in [5.74, 6) is 0.521. The van der Waals surface area contributed by atoms with Crippen molar-refractivity contribution in [1.82, 2.24) is 15.6 Å². The van der Waals surface area contributed by atoms with Crippen LogP contribution in [0.1, 0.15) is 26.3 Å². The highest BCUT2D eigenvalue weighted by atomic mass is 127. The number of halogens is 2. The Kier molecular flexibility index (Phi) is 8.82. The van der Waals surface area contributed by atoms with Gasteiger partial charge in [-0.15, -0.1) is 24.0 Å². The van der Waals surface area contributed by atoms with Crippen LogP contribution in [-0.2, 0) is 11.2 Å². The summed E-state index contributed by atoms with van der Waals surface area (Å²) >= 11 is 0. The molecule has 0 aliphatic heterocycles. The molecule has 0 amide bonds. The van der Waals surface area contributed by atoms with Crippen molar-refractivity contribution in [2.75, 3.05) is 27.2 Å². The fourth-order valence-electron chi connectivity index (χ4n) is 2.83. The van der Waals surface area contributed by atoms with Crippen LogP contribution >= 0.6 is 24.0 Å². The number of guanidine groups is 1. The molecule has 1 aromatic heterocycles. The first kappa shape index (κ1) is 22.7. The third-order valence-electron chi connectivity index (χ3n) is 4.35. The zero-order valence-electron chi connectivity index (χ0n) is 16.1. The van der Waals surface area contributed by atoms with Crippen LogP contribution in [0.2, 0.25) is 0 Å². The van der Waals surface area contributed by atoms with Gasteiger partial charge < -0.3 is 20.4 Å². The Morgan fingerprint density at radius 3 is 2.65 bits per heavy atom. The monoisotopic (exact) mass is 476 g/mol. The molecule has 0 bridgehead atoms. The van der Waals surface area contributed by atoms with Crippen molar-refractivity contribution >= 4 is 40.8 Å². The first-order chi connectivity index (χ1) is 11.8. The fraction of sp³-hybridized carbons (Fsp3) is 0.526. The van der Waals surface area contributed by atoms with E-state index in [0.717, 1.165) is 35.4 Å². The van der Waals surface area contributed by atoms with Gasteiger partial charge in [-0.05, 0) is 35.6 Å². The van der Waals surface area contributed by atoms with E-state index in [4.69, 9.17) is 4.74 Å². The maximum atomic E-state index is 13.2. The molecule has 2 rings (SSSR count). The van der Waals surface area contributed by atoms with E-state index in [1.807, 2.05) is 12.3 Å². The second-order valence-corrected chi connectivity index (χ2v) is 7.22. The minimum Gasteiger partial charge on any atom is -0.379 e. The normalized spacial score (nSPS) is 13.4. The van der Waals surface area contributed by atoms with Gasteiger partial charge in [0.1, 0.15) is 5.82 Å². The smallest absolute Gasteiger partial charge is 0.191 e. The molecule has 0 saturated carbocycles. The lowest BCUT2D eigenvalue weighted by atomic mass is 9.89. The van der Waals surface area contributed by atoms with Crippen molar-refractivity contribution < 1.29 is 9.13 Å². The molecule has 0 aliphatic carbocycles. The van der Waals surface area contributed by atoms with Crippen molar-refractivity contribution in [2.45, 2.75) is 33.3 Å². The van der Waals surface area contributed by atoms with Gasteiger partial charge in [-0.2, -0.15) is 0 Å². The molecule has 0 spiro atoms. The number of aromatic nitrogens is 1. The number of nitrogens with one attached hydrogen (secondary N) is 3. The molecular weight excluding hydrogens is 446 g/mol. The predicted octanol–water partition coefficient (Wildman–Crippen LogP) is 3.69. The first-order valence-electron chi connectivity index (χ1n) is 8.58. The lowest BCUT2D eigenvalue weighted by Crippen LogP contribution is -2.45. The van der Waals surface area contributed by atoms with Crippen molar-refractivity contribution in [3.8, 4) is 0 Å². The average molecular weight is 476 g/mol. The molecule has 146 valence electrons. The molecule has 1 aromatic carbocycles. The second-order valence-electron chi connectivity index (χ2n) is 7.22. The molecule has 0 radical (unpaired) electrons. The molecule has 0 fully saturated rings. The molecule has 0 aliphatic rings. The Labute approximate surface area is 172 Å². The third kappa shape index (κ3) is 6.12. The fourth-order valence-corrected chi connectivity index (χ4v) is 2.83. The van der Waals surface area contributed by atoms with E-state index < -0.39 is 0 Å². The Hall–Kier alpha value is -1.35. The van der Waals surface area contributed by atoms with E-state index in [9.17, 15) is 4.39 Å². The van der Waals surface area contributed by atoms with E-state index in [1.165, 1.54) is 12.1 Å². The van der Waals surface area contributed by atoms with Crippen molar-refractivity contribution in [3.05, 3.63) is 35.8 Å². The van der Waals surface area contributed by atoms with Gasteiger partial charge in [0, 0.05) is 44.3 Å². The molecule has 5 nitrogen and oxygen atoms in total. The van der Waals surface area contributed by atoms with Crippen LogP contribution in [0.4, 0.5) is 4.39 Å². The van der Waals surface area contributed by atoms with Crippen LogP contribution in [0, 0.1) is 11.2 Å². The summed E-state index contributed by atoms with van der Waals surface area (Å²) in [7, 11) is 3.48. The minimum atomic E-state index is -0.227. The van der Waals surface area contributed by atoms with Crippen molar-refractivity contribution in [1.29, 1.82) is 0 Å². The van der Waals surface area contributed by atoms with Crippen molar-refractivity contribution in [3.63, 3.8) is 0 Å². The number of rotatable bonds is 6. The summed E-state index contributed by atoms with van der Waals surface area (Å²) in [4.78, 5) is 7.37. The van der Waals surface area contributed by atoms with E-state index in [-0.39, 0.29) is 41.3 Å². The number of hydrogen-bond donors (Lipinski definition) is 3. The molecule has 7 heteroatoms. The van der Waals surface area contributed by atoms with Crippen LogP contribution in [0.3, 0.4) is 0 Å². The number of aliphatic imine (C=N–C) groups is 1. The summed E-state index contributed by atoms with van der Waals surface area (Å²) in [6.07, 6.45) is 2.84. The molecule has 1 unspecified atom stereocenters. The number of hydrogen-bond acceptors (Lipinski definition) is 2. The number of benzene rings is 1. The van der Waals surface area contributed by atoms with Gasteiger partial charge in [0.2, 0.25) is 0 Å². The Bertz CT molecular complexity index is 724. The Morgan fingerprint density at radius 1 is 1.31 bits per heavy atom. The molecular formula is C19H30FIN4O. The van der Waals surface area contributed by atoms with Crippen LogP contribution < -0.4 is 10.6 Å². The van der Waals surface area contributed by atoms with Gasteiger partial charge in [-0.25, -0.2) is 4.39 Å². The molecule has 3 N–H and O–H groups in total. The number of ether oxygens (including phenoxy) is 1. The standard InChI is InChI=1S/C19H29FN4O.HI/c1-19(2,3)17(25-5)12-24-18(21-4)22-9-8-13-11-23-16-10-14(20)6-7-15(13)16;/h6-7,10-11,17,23H,8-9,12H2,1-5H3,(H2,21,22,24);1H. The molecule has 2 aromatic rings. The van der Waals surface area contributed by atoms with E-state index in [0.29, 0.717) is 6.54 Å². The summed E-state index contributed by atoms with van der Waals surface area (Å²) < 4.78 is 18.8. The van der Waals surface area contributed by atoms with Gasteiger partial charge in [-0.1, -0.05) is 20.8 Å². The van der Waals surface area contributed by atoms with Gasteiger partial charge in [0.25, 0.3) is 0 Å². The largest absolute Gasteiger partial charge is 0.379 e. The van der Waals surface area contributed by atoms with E-state index in [2.05, 4.69) is 41.4 Å². The maximum Gasteiger partial charge on any atom is 0.191 e. The molecule has 0 saturated heterocycles. The van der Waals surface area contributed by atoms with Gasteiger partial charge in [0.15, 0.2) is 5.96 Å². The van der Waals surface area contributed by atoms with Crippen LogP contribution in [0.5, 0.6) is 0 Å². The number of H-pyrrole nitrogens is 1. The maximum absolute atomic E-state index is 13.2. The summed E-state index contributed by atoms with van der Waals surface area (Å²) in [6.45, 7) is 7.87. The van der Waals surface area contributed by atoms with Crippen LogP contribution in [0.25, 0.3) is 10.9 Å². The lowest BCUT2D eigenvalue weighted by molar-refractivity contribution is 0.0205. The number of fused-ring (bicyclic) bond motifs is 1. The predicted molar refractivity (Wildman–Crippen MR) is 117 cm³/mol. The van der Waals surface area contributed by atoms with E-state index in [1.54, 1.807) is 14.2 Å². The molecule has 1 heterocycles. The SMILES string of the molecule is CN=C(NCCc1c[nH]c2cc(F)ccc12)NCC(OC)C(C)(C)C.I. The quantitative estimate of drug-likeness (QED) is 0.339. The molecule has 26 heavy (non-hydrogen) atoms. The highest BCUT2D eigenvalue weighted by Gasteiger charge is 2.24. The summed E-state index contributed by atoms with van der Waals surface area (Å²) in [5.41, 5.74) is 2.04. The Morgan fingerprint density at radius 2 is 2.04 bits per heavy atom. The zero-order valence-corrected chi connectivity index (χ0v) is 18.5. The van der Waals surface area contributed by atoms with E-state index >= 15 is 0 Å².